The first kappa shape index (κ1) is 14.0. The second kappa shape index (κ2) is 4.94. The third kappa shape index (κ3) is 2.05. The molecule has 4 unspecified atom stereocenters. The van der Waals surface area contributed by atoms with Crippen molar-refractivity contribution in [3.8, 4) is 0 Å². The van der Waals surface area contributed by atoms with Crippen LogP contribution in [0.1, 0.15) is 57.8 Å². The van der Waals surface area contributed by atoms with Gasteiger partial charge in [0, 0.05) is 6.04 Å². The molecule has 4 atom stereocenters. The van der Waals surface area contributed by atoms with Crippen molar-refractivity contribution in [1.29, 1.82) is 0 Å². The number of nitrogens with two attached hydrogens (primary N) is 1. The maximum Gasteiger partial charge on any atom is 0.233 e. The lowest BCUT2D eigenvalue weighted by atomic mass is 9.79. The number of hydrogen-bond acceptors (Lipinski definition) is 2. The van der Waals surface area contributed by atoms with Gasteiger partial charge < -0.3 is 11.1 Å². The molecule has 0 aromatic heterocycles. The Morgan fingerprint density at radius 1 is 1.05 bits per heavy atom. The van der Waals surface area contributed by atoms with Crippen molar-refractivity contribution in [1.82, 2.24) is 5.32 Å². The largest absolute Gasteiger partial charge is 0.392 e. The predicted octanol–water partition coefficient (Wildman–Crippen LogP) is 2.77. The van der Waals surface area contributed by atoms with E-state index in [0.29, 0.717) is 11.0 Å². The maximum absolute atomic E-state index is 13.0. The molecule has 3 nitrogen and oxygen atoms in total. The molecule has 4 aliphatic carbocycles. The highest BCUT2D eigenvalue weighted by Crippen LogP contribution is 2.65. The molecule has 2 bridgehead atoms. The number of carbonyl (C=O) groups excluding carboxylic acids is 1. The Morgan fingerprint density at radius 2 is 1.62 bits per heavy atom. The fraction of sp³-hybridized carbons (Fsp3) is 0.882. The van der Waals surface area contributed by atoms with Crippen LogP contribution in [0.25, 0.3) is 0 Å². The summed E-state index contributed by atoms with van der Waals surface area (Å²) >= 11 is 5.31. The van der Waals surface area contributed by atoms with Gasteiger partial charge in [0.05, 0.1) is 10.4 Å². The molecule has 1 amide bonds. The first-order chi connectivity index (χ1) is 10.1. The molecule has 4 heteroatoms. The summed E-state index contributed by atoms with van der Waals surface area (Å²) in [4.78, 5) is 13.4. The monoisotopic (exact) mass is 306 g/mol. The van der Waals surface area contributed by atoms with E-state index in [-0.39, 0.29) is 5.91 Å². The Labute approximate surface area is 132 Å². The van der Waals surface area contributed by atoms with Crippen molar-refractivity contribution < 1.29 is 4.79 Å². The Hall–Kier alpha value is -0.640. The van der Waals surface area contributed by atoms with Crippen molar-refractivity contribution in [3.63, 3.8) is 0 Å². The summed E-state index contributed by atoms with van der Waals surface area (Å²) in [5.41, 5.74) is 5.47. The fourth-order valence-corrected chi connectivity index (χ4v) is 6.02. The molecule has 4 saturated carbocycles. The van der Waals surface area contributed by atoms with Gasteiger partial charge in [-0.05, 0) is 55.8 Å². The maximum atomic E-state index is 13.0. The Balaban J connectivity index is 1.47. The zero-order valence-electron chi connectivity index (χ0n) is 12.6. The van der Waals surface area contributed by atoms with Crippen LogP contribution in [-0.2, 0) is 4.79 Å². The zero-order chi connectivity index (χ0) is 14.6. The van der Waals surface area contributed by atoms with Crippen molar-refractivity contribution in [2.45, 2.75) is 63.8 Å². The van der Waals surface area contributed by atoms with Crippen LogP contribution in [0.5, 0.6) is 0 Å². The zero-order valence-corrected chi connectivity index (χ0v) is 13.5. The Bertz CT molecular complexity index is 453. The smallest absolute Gasteiger partial charge is 0.233 e. The number of thiocarbonyl (C=S) groups is 1. The van der Waals surface area contributed by atoms with Gasteiger partial charge in [0.2, 0.25) is 5.91 Å². The first-order valence-electron chi connectivity index (χ1n) is 8.74. The quantitative estimate of drug-likeness (QED) is 0.623. The summed E-state index contributed by atoms with van der Waals surface area (Å²) in [5, 5.41) is 3.37. The van der Waals surface area contributed by atoms with E-state index < -0.39 is 5.41 Å². The van der Waals surface area contributed by atoms with E-state index in [4.69, 9.17) is 18.0 Å². The third-order valence-corrected chi connectivity index (χ3v) is 7.29. The topological polar surface area (TPSA) is 55.1 Å². The van der Waals surface area contributed by atoms with Gasteiger partial charge in [0.25, 0.3) is 0 Å². The molecule has 4 rings (SSSR count). The van der Waals surface area contributed by atoms with E-state index in [2.05, 4.69) is 5.32 Å². The second-order valence-corrected chi connectivity index (χ2v) is 8.29. The van der Waals surface area contributed by atoms with Crippen LogP contribution < -0.4 is 11.1 Å². The summed E-state index contributed by atoms with van der Waals surface area (Å²) in [7, 11) is 0. The summed E-state index contributed by atoms with van der Waals surface area (Å²) in [6, 6.07) is 0.443. The molecule has 0 radical (unpaired) electrons. The molecular formula is C17H26N2OS. The van der Waals surface area contributed by atoms with Crippen LogP contribution in [0.4, 0.5) is 0 Å². The predicted molar refractivity (Wildman–Crippen MR) is 86.7 cm³/mol. The van der Waals surface area contributed by atoms with E-state index in [1.54, 1.807) is 0 Å². The van der Waals surface area contributed by atoms with Crippen molar-refractivity contribution in [2.24, 2.45) is 34.8 Å². The van der Waals surface area contributed by atoms with Crippen LogP contribution in [0, 0.1) is 29.1 Å². The normalized spacial score (nSPS) is 43.0. The lowest BCUT2D eigenvalue weighted by Crippen LogP contribution is -2.50. The van der Waals surface area contributed by atoms with Crippen LogP contribution >= 0.6 is 12.2 Å². The van der Waals surface area contributed by atoms with Crippen LogP contribution in [0.3, 0.4) is 0 Å². The number of rotatable bonds is 3. The minimum absolute atomic E-state index is 0.149. The average Bonchev–Trinajstić information content (AvgIpc) is 2.94. The van der Waals surface area contributed by atoms with E-state index >= 15 is 0 Å². The molecule has 0 aromatic rings. The highest BCUT2D eigenvalue weighted by molar-refractivity contribution is 7.80. The van der Waals surface area contributed by atoms with Gasteiger partial charge in [0.15, 0.2) is 0 Å². The first-order valence-corrected chi connectivity index (χ1v) is 9.15. The summed E-state index contributed by atoms with van der Waals surface area (Å²) in [6.07, 6.45) is 10.5. The molecule has 0 heterocycles. The van der Waals surface area contributed by atoms with Crippen LogP contribution in [0.15, 0.2) is 0 Å². The lowest BCUT2D eigenvalue weighted by Gasteiger charge is -2.30. The number of amides is 1. The molecule has 0 aromatic carbocycles. The number of fused-ring (bicyclic) bond motifs is 5. The molecule has 0 spiro atoms. The third-order valence-electron chi connectivity index (χ3n) is 6.90. The van der Waals surface area contributed by atoms with E-state index in [9.17, 15) is 4.79 Å². The average molecular weight is 306 g/mol. The molecule has 116 valence electrons. The highest BCUT2D eigenvalue weighted by atomic mass is 32.1. The van der Waals surface area contributed by atoms with Gasteiger partial charge in [-0.3, -0.25) is 4.79 Å². The molecule has 4 aliphatic rings. The molecule has 21 heavy (non-hydrogen) atoms. The SMILES string of the molecule is NC(=S)C1(C(=O)NC2C3C4CCC(C4)C23)CCCCCC1. The number of nitrogens with one attached hydrogen (secondary N) is 1. The fourth-order valence-electron chi connectivity index (χ4n) is 5.73. The summed E-state index contributed by atoms with van der Waals surface area (Å²) in [5.74, 6) is 3.49. The highest BCUT2D eigenvalue weighted by Gasteiger charge is 2.66. The molecule has 4 fully saturated rings. The van der Waals surface area contributed by atoms with Crippen LogP contribution in [-0.4, -0.2) is 16.9 Å². The van der Waals surface area contributed by atoms with Crippen molar-refractivity contribution >= 4 is 23.1 Å². The minimum Gasteiger partial charge on any atom is -0.392 e. The molecule has 0 aliphatic heterocycles. The van der Waals surface area contributed by atoms with Gasteiger partial charge in [-0.2, -0.15) is 0 Å². The van der Waals surface area contributed by atoms with Crippen molar-refractivity contribution in [2.75, 3.05) is 0 Å². The molecule has 3 N–H and O–H groups in total. The Kier molecular flexibility index (Phi) is 3.29. The van der Waals surface area contributed by atoms with Crippen molar-refractivity contribution in [3.05, 3.63) is 0 Å². The van der Waals surface area contributed by atoms with E-state index in [0.717, 1.165) is 49.4 Å². The van der Waals surface area contributed by atoms with Gasteiger partial charge in [-0.15, -0.1) is 0 Å². The summed E-state index contributed by atoms with van der Waals surface area (Å²) < 4.78 is 0. The van der Waals surface area contributed by atoms with Gasteiger partial charge >= 0.3 is 0 Å². The standard InChI is InChI=1S/C17H26N2OS/c18-15(21)17(7-3-1-2-4-8-17)16(20)19-14-12-10-5-6-11(9-10)13(12)14/h10-14H,1-9H2,(H2,18,21)(H,19,20). The summed E-state index contributed by atoms with van der Waals surface area (Å²) in [6.45, 7) is 0. The lowest BCUT2D eigenvalue weighted by molar-refractivity contribution is -0.128. The minimum atomic E-state index is -0.554. The van der Waals surface area contributed by atoms with Gasteiger partial charge in [-0.1, -0.05) is 37.9 Å². The van der Waals surface area contributed by atoms with Gasteiger partial charge in [-0.25, -0.2) is 0 Å². The Morgan fingerprint density at radius 3 is 2.14 bits per heavy atom. The molecular weight excluding hydrogens is 280 g/mol. The van der Waals surface area contributed by atoms with Gasteiger partial charge in [0.1, 0.15) is 0 Å². The van der Waals surface area contributed by atoms with E-state index in [1.165, 1.54) is 32.1 Å². The number of carbonyl (C=O) groups is 1. The molecule has 0 saturated heterocycles. The van der Waals surface area contributed by atoms with Crippen LogP contribution in [0.2, 0.25) is 0 Å². The number of hydrogen-bond donors (Lipinski definition) is 2. The van der Waals surface area contributed by atoms with E-state index in [1.807, 2.05) is 0 Å². The second-order valence-electron chi connectivity index (χ2n) is 7.85.